The molecule has 2 aliphatic rings. The van der Waals surface area contributed by atoms with Crippen molar-refractivity contribution in [2.24, 2.45) is 5.92 Å². The van der Waals surface area contributed by atoms with E-state index in [-0.39, 0.29) is 24.4 Å². The molecule has 1 saturated carbocycles. The first-order valence-corrected chi connectivity index (χ1v) is 11.2. The summed E-state index contributed by atoms with van der Waals surface area (Å²) in [6, 6.07) is 5.77. The number of nitrogens with zero attached hydrogens (tertiary/aromatic N) is 1. The lowest BCUT2D eigenvalue weighted by molar-refractivity contribution is -0.127. The molecule has 0 radical (unpaired) electrons. The van der Waals surface area contributed by atoms with Gasteiger partial charge in [0.15, 0.2) is 0 Å². The van der Waals surface area contributed by atoms with Gasteiger partial charge in [-0.1, -0.05) is 31.4 Å². The molecule has 0 unspecified atom stereocenters. The Morgan fingerprint density at radius 1 is 1.08 bits per heavy atom. The summed E-state index contributed by atoms with van der Waals surface area (Å²) in [5, 5.41) is 3.16. The lowest BCUT2D eigenvalue weighted by Crippen LogP contribution is -2.47. The number of rotatable bonds is 4. The average molecular weight is 379 g/mol. The van der Waals surface area contributed by atoms with Crippen LogP contribution in [0.15, 0.2) is 23.1 Å². The maximum Gasteiger partial charge on any atom is 0.243 e. The third kappa shape index (κ3) is 4.29. The van der Waals surface area contributed by atoms with Gasteiger partial charge in [0, 0.05) is 19.1 Å². The molecule has 1 N–H and O–H groups in total. The fourth-order valence-corrected chi connectivity index (χ4v) is 5.90. The summed E-state index contributed by atoms with van der Waals surface area (Å²) >= 11 is 0. The first-order valence-electron chi connectivity index (χ1n) is 9.75. The number of hydrogen-bond donors (Lipinski definition) is 1. The van der Waals surface area contributed by atoms with Gasteiger partial charge in [-0.25, -0.2) is 8.42 Å². The zero-order chi connectivity index (χ0) is 18.7. The number of sulfonamides is 1. The molecule has 1 saturated heterocycles. The molecule has 5 nitrogen and oxygen atoms in total. The lowest BCUT2D eigenvalue weighted by atomic mass is 9.93. The van der Waals surface area contributed by atoms with Crippen LogP contribution in [-0.4, -0.2) is 37.8 Å². The Balaban J connectivity index is 1.71. The molecular weight excluding hydrogens is 348 g/mol. The van der Waals surface area contributed by atoms with Crippen molar-refractivity contribution in [2.75, 3.05) is 13.1 Å². The van der Waals surface area contributed by atoms with E-state index >= 15 is 0 Å². The molecule has 1 atom stereocenters. The van der Waals surface area contributed by atoms with Crippen LogP contribution in [0.1, 0.15) is 56.1 Å². The Morgan fingerprint density at radius 3 is 2.54 bits per heavy atom. The SMILES string of the molecule is Cc1ccc(C)c(S(=O)(=O)N2CCC[C@@H](C(=O)NC3CCCCC3)C2)c1. The van der Waals surface area contributed by atoms with Crippen LogP contribution in [-0.2, 0) is 14.8 Å². The van der Waals surface area contributed by atoms with E-state index in [1.165, 1.54) is 23.6 Å². The van der Waals surface area contributed by atoms with E-state index in [4.69, 9.17) is 0 Å². The second-order valence-electron chi connectivity index (χ2n) is 7.81. The molecule has 1 heterocycles. The van der Waals surface area contributed by atoms with Crippen LogP contribution in [0.2, 0.25) is 0 Å². The van der Waals surface area contributed by atoms with Gasteiger partial charge >= 0.3 is 0 Å². The molecule has 0 bridgehead atoms. The smallest absolute Gasteiger partial charge is 0.243 e. The summed E-state index contributed by atoms with van der Waals surface area (Å²) in [4.78, 5) is 13.0. The van der Waals surface area contributed by atoms with Crippen molar-refractivity contribution < 1.29 is 13.2 Å². The second-order valence-corrected chi connectivity index (χ2v) is 9.72. The minimum Gasteiger partial charge on any atom is -0.353 e. The van der Waals surface area contributed by atoms with Crippen molar-refractivity contribution in [3.8, 4) is 0 Å². The summed E-state index contributed by atoms with van der Waals surface area (Å²) < 4.78 is 27.7. The third-order valence-corrected chi connectivity index (χ3v) is 7.68. The maximum atomic E-state index is 13.1. The highest BCUT2D eigenvalue weighted by molar-refractivity contribution is 7.89. The molecule has 1 aliphatic carbocycles. The molecule has 1 aliphatic heterocycles. The van der Waals surface area contributed by atoms with Crippen LogP contribution in [0.4, 0.5) is 0 Å². The van der Waals surface area contributed by atoms with Gasteiger partial charge in [-0.15, -0.1) is 0 Å². The molecule has 144 valence electrons. The summed E-state index contributed by atoms with van der Waals surface area (Å²) in [7, 11) is -3.56. The molecular formula is C20H30N2O3S. The molecule has 2 fully saturated rings. The first kappa shape index (κ1) is 19.4. The minimum atomic E-state index is -3.56. The largest absolute Gasteiger partial charge is 0.353 e. The van der Waals surface area contributed by atoms with Crippen LogP contribution >= 0.6 is 0 Å². The van der Waals surface area contributed by atoms with Gasteiger partial charge in [-0.05, 0) is 56.7 Å². The zero-order valence-corrected chi connectivity index (χ0v) is 16.6. The standard InChI is InChI=1S/C20H30N2O3S/c1-15-10-11-16(2)19(13-15)26(24,25)22-12-6-7-17(14-22)20(23)21-18-8-4-3-5-9-18/h10-11,13,17-18H,3-9,12,14H2,1-2H3,(H,21,23)/t17-/m1/s1. The first-order chi connectivity index (χ1) is 12.4. The highest BCUT2D eigenvalue weighted by Gasteiger charge is 2.34. The second kappa shape index (κ2) is 8.09. The van der Waals surface area contributed by atoms with E-state index in [9.17, 15) is 13.2 Å². The van der Waals surface area contributed by atoms with Crippen LogP contribution in [0.5, 0.6) is 0 Å². The number of nitrogens with one attached hydrogen (secondary N) is 1. The minimum absolute atomic E-state index is 0.0257. The Hall–Kier alpha value is -1.40. The van der Waals surface area contributed by atoms with Crippen LogP contribution in [0.3, 0.4) is 0 Å². The Morgan fingerprint density at radius 2 is 1.81 bits per heavy atom. The number of carbonyl (C=O) groups is 1. The van der Waals surface area contributed by atoms with E-state index in [1.54, 1.807) is 6.07 Å². The Labute approximate surface area is 157 Å². The molecule has 26 heavy (non-hydrogen) atoms. The van der Waals surface area contributed by atoms with Gasteiger partial charge in [0.25, 0.3) is 0 Å². The molecule has 3 rings (SSSR count). The Bertz CT molecular complexity index is 754. The van der Waals surface area contributed by atoms with Gasteiger partial charge in [0.05, 0.1) is 10.8 Å². The summed E-state index contributed by atoms with van der Waals surface area (Å²) in [5.74, 6) is -0.219. The van der Waals surface area contributed by atoms with E-state index in [1.807, 2.05) is 26.0 Å². The van der Waals surface area contributed by atoms with E-state index in [0.717, 1.165) is 36.8 Å². The number of hydrogen-bond acceptors (Lipinski definition) is 3. The quantitative estimate of drug-likeness (QED) is 0.875. The molecule has 1 amide bonds. The lowest BCUT2D eigenvalue weighted by Gasteiger charge is -2.33. The van der Waals surface area contributed by atoms with Gasteiger partial charge in [0.2, 0.25) is 15.9 Å². The van der Waals surface area contributed by atoms with Gasteiger partial charge < -0.3 is 5.32 Å². The van der Waals surface area contributed by atoms with Crippen LogP contribution in [0.25, 0.3) is 0 Å². The monoisotopic (exact) mass is 378 g/mol. The topological polar surface area (TPSA) is 66.5 Å². The van der Waals surface area contributed by atoms with E-state index in [0.29, 0.717) is 11.4 Å². The highest BCUT2D eigenvalue weighted by Crippen LogP contribution is 2.27. The predicted octanol–water partition coefficient (Wildman–Crippen LogP) is 3.15. The number of aryl methyl sites for hydroxylation is 2. The fourth-order valence-electron chi connectivity index (χ4n) is 4.06. The number of benzene rings is 1. The number of piperidine rings is 1. The van der Waals surface area contributed by atoms with Crippen molar-refractivity contribution >= 4 is 15.9 Å². The van der Waals surface area contributed by atoms with Gasteiger partial charge in [0.1, 0.15) is 0 Å². The summed E-state index contributed by atoms with van der Waals surface area (Å²) in [6.07, 6.45) is 7.17. The summed E-state index contributed by atoms with van der Waals surface area (Å²) in [5.41, 5.74) is 1.68. The maximum absolute atomic E-state index is 13.1. The van der Waals surface area contributed by atoms with Crippen molar-refractivity contribution in [3.63, 3.8) is 0 Å². The normalized spacial score (nSPS) is 22.9. The molecule has 1 aromatic carbocycles. The van der Waals surface area contributed by atoms with Crippen LogP contribution in [0, 0.1) is 19.8 Å². The number of amides is 1. The molecule has 0 spiro atoms. The van der Waals surface area contributed by atoms with Crippen molar-refractivity contribution in [2.45, 2.75) is 69.7 Å². The van der Waals surface area contributed by atoms with Gasteiger partial charge in [-0.3, -0.25) is 4.79 Å². The zero-order valence-electron chi connectivity index (χ0n) is 15.8. The van der Waals surface area contributed by atoms with Gasteiger partial charge in [-0.2, -0.15) is 4.31 Å². The average Bonchev–Trinajstić information content (AvgIpc) is 2.64. The number of carbonyl (C=O) groups excluding carboxylic acids is 1. The van der Waals surface area contributed by atoms with Crippen molar-refractivity contribution in [3.05, 3.63) is 29.3 Å². The van der Waals surface area contributed by atoms with E-state index < -0.39 is 10.0 Å². The highest BCUT2D eigenvalue weighted by atomic mass is 32.2. The van der Waals surface area contributed by atoms with Crippen molar-refractivity contribution in [1.82, 2.24) is 9.62 Å². The molecule has 0 aromatic heterocycles. The predicted molar refractivity (Wildman–Crippen MR) is 102 cm³/mol. The molecule has 1 aromatic rings. The fraction of sp³-hybridized carbons (Fsp3) is 0.650. The molecule has 6 heteroatoms. The van der Waals surface area contributed by atoms with E-state index in [2.05, 4.69) is 5.32 Å². The summed E-state index contributed by atoms with van der Waals surface area (Å²) in [6.45, 7) is 4.50. The van der Waals surface area contributed by atoms with Crippen molar-refractivity contribution in [1.29, 1.82) is 0 Å². The third-order valence-electron chi connectivity index (χ3n) is 5.67. The Kier molecular flexibility index (Phi) is 6.03. The van der Waals surface area contributed by atoms with Crippen LogP contribution < -0.4 is 5.32 Å².